The Morgan fingerprint density at radius 3 is 2.23 bits per heavy atom. The van der Waals surface area contributed by atoms with E-state index in [2.05, 4.69) is 10.2 Å². The zero-order valence-corrected chi connectivity index (χ0v) is 13.1. The summed E-state index contributed by atoms with van der Waals surface area (Å²) in [5, 5.41) is 29.1. The van der Waals surface area contributed by atoms with Gasteiger partial charge in [0.15, 0.2) is 5.69 Å². The molecule has 0 amide bonds. The molecule has 0 bridgehead atoms. The molecular formula is C16H19N3O3. The third kappa shape index (κ3) is 3.67. The minimum atomic E-state index is -1.46. The Labute approximate surface area is 129 Å². The maximum Gasteiger partial charge on any atom is 0.165 e. The van der Waals surface area contributed by atoms with Gasteiger partial charge in [-0.3, -0.25) is 0 Å². The highest BCUT2D eigenvalue weighted by molar-refractivity contribution is 5.54. The van der Waals surface area contributed by atoms with Gasteiger partial charge in [0.25, 0.3) is 0 Å². The largest absolute Gasteiger partial charge is 0.593 e. The lowest BCUT2D eigenvalue weighted by atomic mass is 10.1. The predicted octanol–water partition coefficient (Wildman–Crippen LogP) is 4.55. The molecule has 2 aromatic carbocycles. The standard InChI is InChI=1S/C16H19N3O3/c1-11-10-16(22-4)12(2)9-15(11)18-17-13-5-7-14(8-6-13)19(3,20)21/h5-10,20H,1-4H3. The number of hydroxylamine groups is 2. The van der Waals surface area contributed by atoms with E-state index in [-0.39, 0.29) is 5.69 Å². The highest BCUT2D eigenvalue weighted by atomic mass is 16.8. The number of azo groups is 1. The molecule has 0 aliphatic carbocycles. The van der Waals surface area contributed by atoms with Crippen LogP contribution in [0, 0.1) is 19.1 Å². The summed E-state index contributed by atoms with van der Waals surface area (Å²) in [5.41, 5.74) is 3.54. The van der Waals surface area contributed by atoms with Gasteiger partial charge in [0.05, 0.1) is 18.5 Å². The fraction of sp³-hybridized carbons (Fsp3) is 0.250. The number of benzene rings is 2. The third-order valence-electron chi connectivity index (χ3n) is 3.32. The second kappa shape index (κ2) is 6.23. The molecule has 0 aliphatic rings. The van der Waals surface area contributed by atoms with Crippen molar-refractivity contribution < 1.29 is 9.94 Å². The van der Waals surface area contributed by atoms with Crippen LogP contribution in [-0.2, 0) is 0 Å². The van der Waals surface area contributed by atoms with Crippen LogP contribution in [0.3, 0.4) is 0 Å². The van der Waals surface area contributed by atoms with Gasteiger partial charge >= 0.3 is 0 Å². The van der Waals surface area contributed by atoms with Gasteiger partial charge in [0.1, 0.15) is 12.8 Å². The fourth-order valence-electron chi connectivity index (χ4n) is 2.01. The van der Waals surface area contributed by atoms with Crippen LogP contribution in [-0.4, -0.2) is 19.4 Å². The first kappa shape index (κ1) is 16.1. The molecule has 0 aromatic heterocycles. The molecular weight excluding hydrogens is 282 g/mol. The van der Waals surface area contributed by atoms with Gasteiger partial charge in [-0.05, 0) is 49.2 Å². The van der Waals surface area contributed by atoms with Crippen molar-refractivity contribution in [2.45, 2.75) is 13.8 Å². The molecule has 0 saturated heterocycles. The van der Waals surface area contributed by atoms with E-state index in [1.54, 1.807) is 19.2 Å². The molecule has 6 heteroatoms. The zero-order chi connectivity index (χ0) is 16.3. The fourth-order valence-corrected chi connectivity index (χ4v) is 2.01. The molecule has 0 saturated carbocycles. The van der Waals surface area contributed by atoms with E-state index in [0.29, 0.717) is 5.69 Å². The molecule has 22 heavy (non-hydrogen) atoms. The molecule has 0 aliphatic heterocycles. The number of hydrogen-bond donors (Lipinski definition) is 1. The molecule has 116 valence electrons. The van der Waals surface area contributed by atoms with Crippen molar-refractivity contribution in [3.8, 4) is 5.75 Å². The molecule has 0 fully saturated rings. The van der Waals surface area contributed by atoms with Crippen molar-refractivity contribution in [1.82, 2.24) is 4.81 Å². The van der Waals surface area contributed by atoms with Gasteiger partial charge in [0, 0.05) is 12.1 Å². The molecule has 0 spiro atoms. The van der Waals surface area contributed by atoms with Crippen LogP contribution in [0.25, 0.3) is 0 Å². The van der Waals surface area contributed by atoms with Crippen molar-refractivity contribution >= 4 is 17.1 Å². The Morgan fingerprint density at radius 1 is 1.05 bits per heavy atom. The number of ether oxygens (including phenoxy) is 1. The monoisotopic (exact) mass is 301 g/mol. The zero-order valence-electron chi connectivity index (χ0n) is 13.1. The lowest BCUT2D eigenvalue weighted by molar-refractivity contribution is -0.00438. The second-order valence-corrected chi connectivity index (χ2v) is 5.20. The minimum absolute atomic E-state index is 0.232. The summed E-state index contributed by atoms with van der Waals surface area (Å²) in [5.74, 6) is 0.816. The van der Waals surface area contributed by atoms with Gasteiger partial charge in [-0.2, -0.15) is 15.0 Å². The molecule has 2 aromatic rings. The van der Waals surface area contributed by atoms with E-state index in [1.807, 2.05) is 26.0 Å². The summed E-state index contributed by atoms with van der Waals surface area (Å²) in [7, 11) is 2.77. The average molecular weight is 301 g/mol. The van der Waals surface area contributed by atoms with Crippen molar-refractivity contribution in [3.05, 3.63) is 52.7 Å². The Hall–Kier alpha value is -2.28. The first-order valence-electron chi connectivity index (χ1n) is 6.79. The maximum absolute atomic E-state index is 11.4. The number of rotatable bonds is 4. The Morgan fingerprint density at radius 2 is 1.68 bits per heavy atom. The average Bonchev–Trinajstić information content (AvgIpc) is 2.47. The van der Waals surface area contributed by atoms with E-state index in [1.165, 1.54) is 12.1 Å². The first-order chi connectivity index (χ1) is 10.3. The van der Waals surface area contributed by atoms with Gasteiger partial charge in [-0.15, -0.1) is 0 Å². The van der Waals surface area contributed by atoms with E-state index < -0.39 is 4.81 Å². The Bertz CT molecular complexity index is 689. The number of methoxy groups -OCH3 is 1. The Balaban J connectivity index is 2.24. The summed E-state index contributed by atoms with van der Waals surface area (Å²) >= 11 is 0. The highest BCUT2D eigenvalue weighted by Crippen LogP contribution is 2.29. The molecule has 2 rings (SSSR count). The third-order valence-corrected chi connectivity index (χ3v) is 3.32. The van der Waals surface area contributed by atoms with Crippen LogP contribution < -0.4 is 9.55 Å². The SMILES string of the molecule is COc1cc(C)c(N=Nc2ccc([N+](C)([O-])O)cc2)cc1C. The van der Waals surface area contributed by atoms with Crippen LogP contribution in [0.1, 0.15) is 11.1 Å². The molecule has 0 radical (unpaired) electrons. The lowest BCUT2D eigenvalue weighted by Crippen LogP contribution is -2.33. The van der Waals surface area contributed by atoms with Crippen LogP contribution in [0.5, 0.6) is 5.75 Å². The summed E-state index contributed by atoms with van der Waals surface area (Å²) in [4.78, 5) is -1.46. The summed E-state index contributed by atoms with van der Waals surface area (Å²) in [6, 6.07) is 10.1. The lowest BCUT2D eigenvalue weighted by Gasteiger charge is -2.27. The molecule has 1 N–H and O–H groups in total. The van der Waals surface area contributed by atoms with E-state index in [9.17, 15) is 10.4 Å². The van der Waals surface area contributed by atoms with Gasteiger partial charge in [0.2, 0.25) is 0 Å². The summed E-state index contributed by atoms with van der Waals surface area (Å²) in [6.45, 7) is 3.88. The van der Waals surface area contributed by atoms with Crippen molar-refractivity contribution in [2.75, 3.05) is 14.2 Å². The number of nitrogens with zero attached hydrogens (tertiary/aromatic N) is 3. The number of hydrogen-bond acceptors (Lipinski definition) is 5. The van der Waals surface area contributed by atoms with Crippen LogP contribution >= 0.6 is 0 Å². The van der Waals surface area contributed by atoms with E-state index in [0.717, 1.165) is 29.6 Å². The molecule has 0 heterocycles. The molecule has 6 nitrogen and oxygen atoms in total. The first-order valence-corrected chi connectivity index (χ1v) is 6.79. The second-order valence-electron chi connectivity index (χ2n) is 5.20. The van der Waals surface area contributed by atoms with Crippen molar-refractivity contribution in [2.24, 2.45) is 10.2 Å². The number of quaternary nitrogens is 1. The maximum atomic E-state index is 11.4. The van der Waals surface area contributed by atoms with Gasteiger partial charge < -0.3 is 9.94 Å². The van der Waals surface area contributed by atoms with E-state index in [4.69, 9.17) is 4.74 Å². The van der Waals surface area contributed by atoms with Crippen LogP contribution in [0.2, 0.25) is 0 Å². The predicted molar refractivity (Wildman–Crippen MR) is 86.0 cm³/mol. The molecule has 1 atom stereocenters. The summed E-state index contributed by atoms with van der Waals surface area (Å²) < 4.78 is 5.26. The molecule has 1 unspecified atom stereocenters. The van der Waals surface area contributed by atoms with E-state index >= 15 is 0 Å². The highest BCUT2D eigenvalue weighted by Gasteiger charge is 2.10. The quantitative estimate of drug-likeness (QED) is 0.511. The summed E-state index contributed by atoms with van der Waals surface area (Å²) in [6.07, 6.45) is 0. The van der Waals surface area contributed by atoms with Crippen LogP contribution in [0.4, 0.5) is 17.1 Å². The number of aryl methyl sites for hydroxylation is 2. The van der Waals surface area contributed by atoms with Gasteiger partial charge in [-0.1, -0.05) is 0 Å². The van der Waals surface area contributed by atoms with Crippen molar-refractivity contribution in [3.63, 3.8) is 0 Å². The smallest absolute Gasteiger partial charge is 0.165 e. The van der Waals surface area contributed by atoms with Crippen molar-refractivity contribution in [1.29, 1.82) is 0 Å². The topological polar surface area (TPSA) is 77.2 Å². The minimum Gasteiger partial charge on any atom is -0.593 e. The normalized spacial score (nSPS) is 14.1. The van der Waals surface area contributed by atoms with Gasteiger partial charge in [-0.25, -0.2) is 5.21 Å². The Kier molecular flexibility index (Phi) is 4.56. The van der Waals surface area contributed by atoms with Crippen LogP contribution in [0.15, 0.2) is 46.6 Å².